The largest absolute Gasteiger partial charge is 0.478 e. The Kier molecular flexibility index (Phi) is 3.69. The number of halogens is 1. The summed E-state index contributed by atoms with van der Waals surface area (Å²) in [6.07, 6.45) is 1.24. The normalized spacial score (nSPS) is 11.4. The summed E-state index contributed by atoms with van der Waals surface area (Å²) in [7, 11) is -4.22. The van der Waals surface area contributed by atoms with Crippen LogP contribution in [0.3, 0.4) is 0 Å². The van der Waals surface area contributed by atoms with Crippen LogP contribution < -0.4 is 4.72 Å². The zero-order valence-corrected chi connectivity index (χ0v) is 11.9. The Morgan fingerprint density at radius 3 is 2.57 bits per heavy atom. The van der Waals surface area contributed by atoms with Crippen molar-refractivity contribution >= 4 is 22.0 Å². The van der Waals surface area contributed by atoms with Crippen LogP contribution in [0.25, 0.3) is 0 Å². The molecule has 0 aliphatic heterocycles. The van der Waals surface area contributed by atoms with Crippen molar-refractivity contribution in [3.05, 3.63) is 41.0 Å². The number of carboxylic acid groups (broad SMARTS) is 1. The van der Waals surface area contributed by atoms with Gasteiger partial charge in [0.15, 0.2) is 0 Å². The highest BCUT2D eigenvalue weighted by Gasteiger charge is 2.23. The van der Waals surface area contributed by atoms with Gasteiger partial charge in [0.1, 0.15) is 12.1 Å². The average Bonchev–Trinajstić information content (AvgIpc) is 2.76. The van der Waals surface area contributed by atoms with Crippen molar-refractivity contribution in [2.75, 3.05) is 4.72 Å². The second-order valence-corrected chi connectivity index (χ2v) is 5.94. The first-order valence-electron chi connectivity index (χ1n) is 5.69. The van der Waals surface area contributed by atoms with E-state index in [-0.39, 0.29) is 11.6 Å². The molecule has 0 fully saturated rings. The van der Waals surface area contributed by atoms with E-state index in [2.05, 4.69) is 4.98 Å². The highest BCUT2D eigenvalue weighted by atomic mass is 32.2. The smallest absolute Gasteiger partial charge is 0.335 e. The summed E-state index contributed by atoms with van der Waals surface area (Å²) in [6, 6.07) is 1.35. The van der Waals surface area contributed by atoms with Crippen molar-refractivity contribution in [2.45, 2.75) is 18.7 Å². The number of hydrogen-bond acceptors (Lipinski definition) is 5. The third-order valence-corrected chi connectivity index (χ3v) is 4.12. The number of aryl methyl sites for hydroxylation is 1. The maximum atomic E-state index is 13.7. The lowest BCUT2D eigenvalue weighted by atomic mass is 10.1. The van der Waals surface area contributed by atoms with Crippen LogP contribution in [0.4, 0.5) is 10.4 Å². The Balaban J connectivity index is 2.51. The predicted octanol–water partition coefficient (Wildman–Crippen LogP) is 1.93. The number of nitrogens with zero attached hydrogens (tertiary/aromatic N) is 1. The average molecular weight is 314 g/mol. The maximum Gasteiger partial charge on any atom is 0.335 e. The molecule has 2 N–H and O–H groups in total. The van der Waals surface area contributed by atoms with Gasteiger partial charge in [-0.2, -0.15) is 4.98 Å². The molecule has 0 unspecified atom stereocenters. The SMILES string of the molecule is Cc1coc(NS(=O)(=O)c2cc(C(=O)O)cc(F)c2C)n1. The fourth-order valence-corrected chi connectivity index (χ4v) is 2.84. The van der Waals surface area contributed by atoms with Crippen LogP contribution in [0.5, 0.6) is 0 Å². The minimum Gasteiger partial charge on any atom is -0.478 e. The van der Waals surface area contributed by atoms with E-state index >= 15 is 0 Å². The van der Waals surface area contributed by atoms with E-state index < -0.39 is 32.3 Å². The molecule has 9 heteroatoms. The molecule has 21 heavy (non-hydrogen) atoms. The quantitative estimate of drug-likeness (QED) is 0.892. The topological polar surface area (TPSA) is 110 Å². The Morgan fingerprint density at radius 1 is 1.38 bits per heavy atom. The Hall–Kier alpha value is -2.42. The molecule has 7 nitrogen and oxygen atoms in total. The van der Waals surface area contributed by atoms with Gasteiger partial charge in [-0.25, -0.2) is 22.3 Å². The van der Waals surface area contributed by atoms with E-state index in [1.807, 2.05) is 4.72 Å². The lowest BCUT2D eigenvalue weighted by Crippen LogP contribution is -2.16. The molecule has 112 valence electrons. The zero-order chi connectivity index (χ0) is 15.8. The molecule has 1 aromatic carbocycles. The lowest BCUT2D eigenvalue weighted by molar-refractivity contribution is 0.0696. The number of carbonyl (C=O) groups is 1. The van der Waals surface area contributed by atoms with Gasteiger partial charge >= 0.3 is 12.0 Å². The number of aromatic carboxylic acids is 1. The van der Waals surface area contributed by atoms with Crippen LogP contribution in [0.1, 0.15) is 21.6 Å². The number of oxazole rings is 1. The maximum absolute atomic E-state index is 13.7. The van der Waals surface area contributed by atoms with Gasteiger partial charge in [-0.15, -0.1) is 0 Å². The first-order chi connectivity index (χ1) is 9.70. The summed E-state index contributed by atoms with van der Waals surface area (Å²) in [5.41, 5.74) is -0.215. The minimum atomic E-state index is -4.22. The van der Waals surface area contributed by atoms with Gasteiger partial charge in [0.25, 0.3) is 10.0 Å². The fraction of sp³-hybridized carbons (Fsp3) is 0.167. The van der Waals surface area contributed by atoms with Gasteiger partial charge in [0.2, 0.25) is 0 Å². The van der Waals surface area contributed by atoms with Crippen molar-refractivity contribution in [2.24, 2.45) is 0 Å². The Bertz CT molecular complexity index is 813. The van der Waals surface area contributed by atoms with Gasteiger partial charge in [-0.1, -0.05) is 0 Å². The van der Waals surface area contributed by atoms with Crippen LogP contribution in [-0.4, -0.2) is 24.5 Å². The summed E-state index contributed by atoms with van der Waals surface area (Å²) in [5.74, 6) is -2.36. The molecule has 0 radical (unpaired) electrons. The lowest BCUT2D eigenvalue weighted by Gasteiger charge is -2.09. The van der Waals surface area contributed by atoms with Gasteiger partial charge in [0, 0.05) is 5.56 Å². The van der Waals surface area contributed by atoms with Crippen molar-refractivity contribution in [3.8, 4) is 0 Å². The number of carboxylic acids is 1. The van der Waals surface area contributed by atoms with Crippen molar-refractivity contribution < 1.29 is 27.1 Å². The fourth-order valence-electron chi connectivity index (χ4n) is 1.63. The Morgan fingerprint density at radius 2 is 2.05 bits per heavy atom. The third kappa shape index (κ3) is 3.02. The third-order valence-electron chi connectivity index (χ3n) is 2.67. The molecular formula is C12H11FN2O5S. The molecule has 0 amide bonds. The van der Waals surface area contributed by atoms with E-state index in [0.717, 1.165) is 12.1 Å². The van der Waals surface area contributed by atoms with Gasteiger partial charge < -0.3 is 9.52 Å². The highest BCUT2D eigenvalue weighted by molar-refractivity contribution is 7.92. The molecule has 1 aromatic heterocycles. The summed E-state index contributed by atoms with van der Waals surface area (Å²) in [4.78, 5) is 14.2. The first kappa shape index (κ1) is 15.0. The van der Waals surface area contributed by atoms with Crippen LogP contribution in [0.2, 0.25) is 0 Å². The number of nitrogens with one attached hydrogen (secondary N) is 1. The molecule has 0 bridgehead atoms. The monoisotopic (exact) mass is 314 g/mol. The van der Waals surface area contributed by atoms with Crippen LogP contribution in [-0.2, 0) is 10.0 Å². The molecular weight excluding hydrogens is 303 g/mol. The van der Waals surface area contributed by atoms with Crippen LogP contribution in [0, 0.1) is 19.7 Å². The summed E-state index contributed by atoms with van der Waals surface area (Å²) >= 11 is 0. The first-order valence-corrected chi connectivity index (χ1v) is 7.17. The van der Waals surface area contributed by atoms with Crippen molar-refractivity contribution in [3.63, 3.8) is 0 Å². The van der Waals surface area contributed by atoms with Gasteiger partial charge in [-0.3, -0.25) is 0 Å². The predicted molar refractivity (Wildman–Crippen MR) is 70.1 cm³/mol. The minimum absolute atomic E-state index is 0.198. The van der Waals surface area contributed by atoms with Crippen LogP contribution in [0.15, 0.2) is 27.7 Å². The summed E-state index contributed by atoms with van der Waals surface area (Å²) < 4.78 is 44.9. The molecule has 0 aliphatic rings. The van der Waals surface area contributed by atoms with E-state index in [9.17, 15) is 17.6 Å². The second-order valence-electron chi connectivity index (χ2n) is 4.29. The molecule has 2 rings (SSSR count). The zero-order valence-electron chi connectivity index (χ0n) is 11.0. The second kappa shape index (κ2) is 5.17. The number of benzene rings is 1. The van der Waals surface area contributed by atoms with E-state index in [1.165, 1.54) is 13.2 Å². The van der Waals surface area contributed by atoms with E-state index in [0.29, 0.717) is 5.69 Å². The number of aromatic nitrogens is 1. The molecule has 0 saturated carbocycles. The molecule has 0 atom stereocenters. The molecule has 2 aromatic rings. The van der Waals surface area contributed by atoms with E-state index in [1.54, 1.807) is 6.92 Å². The number of hydrogen-bond donors (Lipinski definition) is 2. The standard InChI is InChI=1S/C12H11FN2O5S/c1-6-5-20-12(14-6)15-21(18,19)10-4-8(11(16)17)3-9(13)7(10)2/h3-5H,1-2H3,(H,14,15)(H,16,17). The van der Waals surface area contributed by atoms with E-state index in [4.69, 9.17) is 9.52 Å². The van der Waals surface area contributed by atoms with Crippen molar-refractivity contribution in [1.29, 1.82) is 0 Å². The number of rotatable bonds is 4. The Labute approximate surface area is 119 Å². The van der Waals surface area contributed by atoms with Gasteiger partial charge in [-0.05, 0) is 26.0 Å². The summed E-state index contributed by atoms with van der Waals surface area (Å²) in [5, 5.41) is 8.87. The number of sulfonamides is 1. The van der Waals surface area contributed by atoms with Crippen molar-refractivity contribution in [1.82, 2.24) is 4.98 Å². The number of anilines is 1. The van der Waals surface area contributed by atoms with Gasteiger partial charge in [0.05, 0.1) is 16.2 Å². The highest BCUT2D eigenvalue weighted by Crippen LogP contribution is 2.23. The summed E-state index contributed by atoms with van der Waals surface area (Å²) in [6.45, 7) is 2.83. The molecule has 0 spiro atoms. The molecule has 0 aliphatic carbocycles. The van der Waals surface area contributed by atoms with Crippen LogP contribution >= 0.6 is 0 Å². The molecule has 0 saturated heterocycles. The molecule has 1 heterocycles.